The van der Waals surface area contributed by atoms with Crippen molar-refractivity contribution < 1.29 is 15.0 Å². The summed E-state index contributed by atoms with van der Waals surface area (Å²) < 4.78 is 0. The lowest BCUT2D eigenvalue weighted by Crippen LogP contribution is -2.16. The third-order valence-electron chi connectivity index (χ3n) is 2.65. The van der Waals surface area contributed by atoms with Crippen LogP contribution in [0.5, 0.6) is 11.6 Å². The highest BCUT2D eigenvalue weighted by atomic mass is 16.3. The molecule has 2 aromatic rings. The van der Waals surface area contributed by atoms with E-state index in [9.17, 15) is 19.8 Å². The molecule has 6 heteroatoms. The summed E-state index contributed by atoms with van der Waals surface area (Å²) >= 11 is 0. The lowest BCUT2D eigenvalue weighted by molar-refractivity contribution is 0.102. The van der Waals surface area contributed by atoms with Gasteiger partial charge in [-0.15, -0.1) is 0 Å². The van der Waals surface area contributed by atoms with E-state index >= 15 is 0 Å². The number of aromatic hydroxyl groups is 2. The fraction of sp³-hybridized carbons (Fsp3) is 0.0769. The predicted molar refractivity (Wildman–Crippen MR) is 69.5 cm³/mol. The highest BCUT2D eigenvalue weighted by Crippen LogP contribution is 2.24. The lowest BCUT2D eigenvalue weighted by atomic mass is 10.1. The fourth-order valence-electron chi connectivity index (χ4n) is 1.61. The van der Waals surface area contributed by atoms with E-state index in [4.69, 9.17) is 0 Å². The Bertz CT molecular complexity index is 691. The molecule has 0 unspecified atom stereocenters. The first-order valence-electron chi connectivity index (χ1n) is 5.50. The summed E-state index contributed by atoms with van der Waals surface area (Å²) in [6.45, 7) is 1.65. The second kappa shape index (κ2) is 4.85. The molecular formula is C13H12N2O4. The zero-order chi connectivity index (χ0) is 14.0. The molecule has 0 aliphatic heterocycles. The highest BCUT2D eigenvalue weighted by Gasteiger charge is 2.11. The van der Waals surface area contributed by atoms with Gasteiger partial charge in [-0.2, -0.15) is 0 Å². The van der Waals surface area contributed by atoms with Gasteiger partial charge in [-0.25, -0.2) is 0 Å². The van der Waals surface area contributed by atoms with E-state index in [0.717, 1.165) is 12.1 Å². The number of carbonyl (C=O) groups is 1. The Balaban J connectivity index is 2.31. The molecule has 98 valence electrons. The van der Waals surface area contributed by atoms with Crippen LogP contribution in [-0.2, 0) is 0 Å². The number of rotatable bonds is 2. The number of benzene rings is 1. The summed E-state index contributed by atoms with van der Waals surface area (Å²) in [5.74, 6) is -0.869. The number of aromatic amines is 1. The van der Waals surface area contributed by atoms with Crippen LogP contribution in [0.25, 0.3) is 0 Å². The Morgan fingerprint density at radius 2 is 2.00 bits per heavy atom. The molecule has 1 heterocycles. The molecule has 4 N–H and O–H groups in total. The van der Waals surface area contributed by atoms with Crippen LogP contribution in [0.2, 0.25) is 0 Å². The topological polar surface area (TPSA) is 102 Å². The Kier molecular flexibility index (Phi) is 3.24. The first kappa shape index (κ1) is 12.7. The summed E-state index contributed by atoms with van der Waals surface area (Å²) in [5.41, 5.74) is 0.413. The van der Waals surface area contributed by atoms with Crippen molar-refractivity contribution in [3.8, 4) is 11.6 Å². The number of hydrogen-bond donors (Lipinski definition) is 4. The van der Waals surface area contributed by atoms with Gasteiger partial charge in [-0.1, -0.05) is 6.07 Å². The number of phenolic OH excluding ortho intramolecular Hbond substituents is 1. The van der Waals surface area contributed by atoms with E-state index in [-0.39, 0.29) is 17.2 Å². The maximum atomic E-state index is 11.9. The van der Waals surface area contributed by atoms with Gasteiger partial charge < -0.3 is 15.5 Å². The van der Waals surface area contributed by atoms with Gasteiger partial charge in [-0.3, -0.25) is 14.6 Å². The number of hydrogen-bond acceptors (Lipinski definition) is 4. The van der Waals surface area contributed by atoms with Crippen LogP contribution in [0, 0.1) is 6.92 Å². The van der Waals surface area contributed by atoms with Crippen LogP contribution >= 0.6 is 0 Å². The molecule has 1 aromatic carbocycles. The lowest BCUT2D eigenvalue weighted by Gasteiger charge is -2.09. The molecule has 19 heavy (non-hydrogen) atoms. The van der Waals surface area contributed by atoms with Crippen molar-refractivity contribution in [3.63, 3.8) is 0 Å². The van der Waals surface area contributed by atoms with Gasteiger partial charge in [0.15, 0.2) is 5.88 Å². The third kappa shape index (κ3) is 2.74. The molecule has 0 saturated heterocycles. The second-order valence-electron chi connectivity index (χ2n) is 4.02. The van der Waals surface area contributed by atoms with Gasteiger partial charge in [0.2, 0.25) is 0 Å². The highest BCUT2D eigenvalue weighted by molar-refractivity contribution is 6.04. The summed E-state index contributed by atoms with van der Waals surface area (Å²) in [7, 11) is 0. The summed E-state index contributed by atoms with van der Waals surface area (Å²) in [6.07, 6.45) is 0. The molecule has 0 fully saturated rings. The van der Waals surface area contributed by atoms with Crippen molar-refractivity contribution >= 4 is 11.6 Å². The van der Waals surface area contributed by atoms with Crippen molar-refractivity contribution in [2.75, 3.05) is 5.32 Å². The number of phenols is 1. The van der Waals surface area contributed by atoms with Gasteiger partial charge in [0, 0.05) is 23.4 Å². The van der Waals surface area contributed by atoms with Crippen LogP contribution in [-0.4, -0.2) is 21.1 Å². The van der Waals surface area contributed by atoms with Gasteiger partial charge in [-0.05, 0) is 19.1 Å². The van der Waals surface area contributed by atoms with Crippen molar-refractivity contribution in [1.29, 1.82) is 0 Å². The van der Waals surface area contributed by atoms with Crippen molar-refractivity contribution in [1.82, 2.24) is 4.98 Å². The van der Waals surface area contributed by atoms with Gasteiger partial charge in [0.25, 0.3) is 11.5 Å². The standard InChI is InChI=1S/C13H12N2O4/c1-7-9(3-2-4-10(7)16)14-13(19)8-5-11(17)15-12(18)6-8/h2-6,16H,1H3,(H,14,19)(H2,15,17,18). The maximum Gasteiger partial charge on any atom is 0.256 e. The minimum atomic E-state index is -0.571. The summed E-state index contributed by atoms with van der Waals surface area (Å²) in [6, 6.07) is 6.94. The number of aromatic nitrogens is 1. The average molecular weight is 260 g/mol. The minimum Gasteiger partial charge on any atom is -0.508 e. The van der Waals surface area contributed by atoms with E-state index in [0.29, 0.717) is 11.3 Å². The van der Waals surface area contributed by atoms with Crippen molar-refractivity contribution in [2.45, 2.75) is 6.92 Å². The Labute approximate surface area is 108 Å². The molecule has 1 aromatic heterocycles. The Hall–Kier alpha value is -2.76. The third-order valence-corrected chi connectivity index (χ3v) is 2.65. The van der Waals surface area contributed by atoms with E-state index in [1.807, 2.05) is 0 Å². The van der Waals surface area contributed by atoms with Gasteiger partial charge >= 0.3 is 0 Å². The number of amides is 1. The number of H-pyrrole nitrogens is 1. The molecule has 0 spiro atoms. The van der Waals surface area contributed by atoms with Crippen LogP contribution in [0.4, 0.5) is 5.69 Å². The summed E-state index contributed by atoms with van der Waals surface area (Å²) in [4.78, 5) is 25.2. The number of nitrogens with one attached hydrogen (secondary N) is 2. The zero-order valence-corrected chi connectivity index (χ0v) is 10.1. The first-order valence-corrected chi connectivity index (χ1v) is 5.50. The number of pyridine rings is 1. The monoisotopic (exact) mass is 260 g/mol. The van der Waals surface area contributed by atoms with Gasteiger partial charge in [0.05, 0.1) is 5.56 Å². The predicted octanol–water partition coefficient (Wildman–Crippen LogP) is 1.35. The van der Waals surface area contributed by atoms with E-state index in [1.165, 1.54) is 6.07 Å². The normalized spacial score (nSPS) is 10.2. The van der Waals surface area contributed by atoms with Crippen LogP contribution in [0.15, 0.2) is 35.1 Å². The zero-order valence-electron chi connectivity index (χ0n) is 10.1. The molecular weight excluding hydrogens is 248 g/mol. The molecule has 0 bridgehead atoms. The van der Waals surface area contributed by atoms with E-state index < -0.39 is 11.5 Å². The van der Waals surface area contributed by atoms with E-state index in [1.54, 1.807) is 19.1 Å². The van der Waals surface area contributed by atoms with Crippen LogP contribution in [0.3, 0.4) is 0 Å². The van der Waals surface area contributed by atoms with Crippen LogP contribution < -0.4 is 10.9 Å². The maximum absolute atomic E-state index is 11.9. The number of carbonyl (C=O) groups excluding carboxylic acids is 1. The molecule has 0 atom stereocenters. The largest absolute Gasteiger partial charge is 0.508 e. The fourth-order valence-corrected chi connectivity index (χ4v) is 1.61. The molecule has 2 rings (SSSR count). The van der Waals surface area contributed by atoms with Crippen LogP contribution in [0.1, 0.15) is 15.9 Å². The quantitative estimate of drug-likeness (QED) is 0.654. The smallest absolute Gasteiger partial charge is 0.256 e. The van der Waals surface area contributed by atoms with Crippen molar-refractivity contribution in [3.05, 3.63) is 51.8 Å². The second-order valence-corrected chi connectivity index (χ2v) is 4.02. The Morgan fingerprint density at radius 1 is 1.26 bits per heavy atom. The molecule has 6 nitrogen and oxygen atoms in total. The SMILES string of the molecule is Cc1c(O)cccc1NC(=O)c1cc(O)[nH]c(=O)c1. The molecule has 0 aliphatic rings. The van der Waals surface area contributed by atoms with Crippen molar-refractivity contribution in [2.24, 2.45) is 0 Å². The molecule has 0 radical (unpaired) electrons. The summed E-state index contributed by atoms with van der Waals surface area (Å²) in [5, 5.41) is 21.3. The first-order chi connectivity index (χ1) is 8.97. The minimum absolute atomic E-state index is 0.0315. The number of anilines is 1. The van der Waals surface area contributed by atoms with Gasteiger partial charge in [0.1, 0.15) is 5.75 Å². The van der Waals surface area contributed by atoms with E-state index in [2.05, 4.69) is 10.3 Å². The molecule has 1 amide bonds. The molecule has 0 aliphatic carbocycles. The average Bonchev–Trinajstić information content (AvgIpc) is 2.33. The Morgan fingerprint density at radius 3 is 2.68 bits per heavy atom. The molecule has 0 saturated carbocycles.